The van der Waals surface area contributed by atoms with Crippen LogP contribution in [0, 0.1) is 6.92 Å². The molecule has 0 radical (unpaired) electrons. The Balaban J connectivity index is 1.78. The lowest BCUT2D eigenvalue weighted by atomic mass is 9.95. The van der Waals surface area contributed by atoms with E-state index >= 15 is 0 Å². The number of fused-ring (bicyclic) bond motifs is 1. The topological polar surface area (TPSA) is 78.3 Å². The fourth-order valence-electron chi connectivity index (χ4n) is 3.92. The highest BCUT2D eigenvalue weighted by molar-refractivity contribution is 7.99. The van der Waals surface area contributed by atoms with Crippen molar-refractivity contribution in [1.82, 2.24) is 14.8 Å². The van der Waals surface area contributed by atoms with Gasteiger partial charge in [-0.1, -0.05) is 61.2 Å². The highest BCUT2D eigenvalue weighted by atomic mass is 32.2. The van der Waals surface area contributed by atoms with Gasteiger partial charge in [-0.2, -0.15) is 4.98 Å². The number of hydrogen-bond acceptors (Lipinski definition) is 7. The Hall–Kier alpha value is -3.26. The van der Waals surface area contributed by atoms with Gasteiger partial charge in [0.2, 0.25) is 11.1 Å². The summed E-state index contributed by atoms with van der Waals surface area (Å²) in [4.78, 5) is 17.9. The molecule has 4 rings (SSSR count). The number of carbonyl (C=O) groups is 1. The minimum Gasteiger partial charge on any atom is -0.489 e. The molecule has 34 heavy (non-hydrogen) atoms. The van der Waals surface area contributed by atoms with E-state index in [1.807, 2.05) is 57.2 Å². The lowest BCUT2D eigenvalue weighted by molar-refractivity contribution is -0.143. The third kappa shape index (κ3) is 4.97. The second-order valence-electron chi connectivity index (χ2n) is 8.37. The molecule has 0 fully saturated rings. The van der Waals surface area contributed by atoms with Crippen LogP contribution in [0.3, 0.4) is 0 Å². The molecule has 0 bridgehead atoms. The summed E-state index contributed by atoms with van der Waals surface area (Å²) in [6.07, 6.45) is -0.246. The number of benzene rings is 2. The molecule has 1 N–H and O–H groups in total. The summed E-state index contributed by atoms with van der Waals surface area (Å²) in [6.45, 7) is 10.1. The SMILES string of the molecule is CCSc1nc2n(n1)C(c1ccccc1OCc1ccccc1C)C(C(=O)OC(C)C)=C(C)N2. The zero-order valence-corrected chi connectivity index (χ0v) is 21.0. The Kier molecular flexibility index (Phi) is 7.26. The molecular formula is C26H30N4O3S. The van der Waals surface area contributed by atoms with Gasteiger partial charge >= 0.3 is 5.97 Å². The summed E-state index contributed by atoms with van der Waals surface area (Å²) in [5.74, 6) is 1.74. The minimum absolute atomic E-state index is 0.246. The van der Waals surface area contributed by atoms with E-state index in [-0.39, 0.29) is 12.1 Å². The molecule has 2 aromatic carbocycles. The van der Waals surface area contributed by atoms with Gasteiger partial charge in [-0.25, -0.2) is 9.48 Å². The van der Waals surface area contributed by atoms with Crippen molar-refractivity contribution in [3.63, 3.8) is 0 Å². The second kappa shape index (κ2) is 10.3. The molecule has 1 aromatic heterocycles. The Labute approximate surface area is 204 Å². The number of para-hydroxylation sites is 1. The number of thioether (sulfide) groups is 1. The van der Waals surface area contributed by atoms with Crippen LogP contribution in [0.2, 0.25) is 0 Å². The fraction of sp³-hybridized carbons (Fsp3) is 0.346. The number of allylic oxidation sites excluding steroid dienone is 1. The Bertz CT molecular complexity index is 1220. The number of carbonyl (C=O) groups excluding carboxylic acids is 1. The van der Waals surface area contributed by atoms with E-state index in [9.17, 15) is 4.79 Å². The number of anilines is 1. The summed E-state index contributed by atoms with van der Waals surface area (Å²) in [7, 11) is 0. The summed E-state index contributed by atoms with van der Waals surface area (Å²) in [6, 6.07) is 15.4. The van der Waals surface area contributed by atoms with Crippen LogP contribution < -0.4 is 10.1 Å². The highest BCUT2D eigenvalue weighted by Crippen LogP contribution is 2.40. The number of hydrogen-bond donors (Lipinski definition) is 1. The zero-order chi connectivity index (χ0) is 24.2. The smallest absolute Gasteiger partial charge is 0.338 e. The number of aryl methyl sites for hydroxylation is 1. The van der Waals surface area contributed by atoms with E-state index in [1.165, 1.54) is 5.56 Å². The van der Waals surface area contributed by atoms with E-state index in [2.05, 4.69) is 36.3 Å². The summed E-state index contributed by atoms with van der Waals surface area (Å²) >= 11 is 1.55. The van der Waals surface area contributed by atoms with E-state index in [0.717, 1.165) is 16.9 Å². The molecule has 0 aliphatic carbocycles. The standard InChI is InChI=1S/C26H30N4O3S/c1-6-34-26-28-25-27-18(5)22(24(31)33-16(2)3)23(30(25)29-26)20-13-9-10-14-21(20)32-15-19-12-8-7-11-17(19)4/h7-14,16,23H,6,15H2,1-5H3,(H,27,28,29). The lowest BCUT2D eigenvalue weighted by Crippen LogP contribution is -2.31. The van der Waals surface area contributed by atoms with Crippen molar-refractivity contribution in [2.45, 2.75) is 58.5 Å². The molecule has 178 valence electrons. The summed E-state index contributed by atoms with van der Waals surface area (Å²) in [5, 5.41) is 8.62. The predicted octanol–water partition coefficient (Wildman–Crippen LogP) is 5.52. The van der Waals surface area contributed by atoms with Crippen molar-refractivity contribution in [2.24, 2.45) is 0 Å². The summed E-state index contributed by atoms with van der Waals surface area (Å²) < 4.78 is 13.7. The van der Waals surface area contributed by atoms with Crippen LogP contribution in [0.25, 0.3) is 0 Å². The molecule has 1 aliphatic rings. The van der Waals surface area contributed by atoms with Crippen molar-refractivity contribution in [3.8, 4) is 5.75 Å². The molecule has 2 heterocycles. The maximum Gasteiger partial charge on any atom is 0.338 e. The first-order valence-corrected chi connectivity index (χ1v) is 12.4. The number of nitrogens with one attached hydrogen (secondary N) is 1. The first kappa shape index (κ1) is 23.9. The molecule has 0 saturated carbocycles. The predicted molar refractivity (Wildman–Crippen MR) is 134 cm³/mol. The number of rotatable bonds is 8. The number of nitrogens with zero attached hydrogens (tertiary/aromatic N) is 3. The van der Waals surface area contributed by atoms with Crippen LogP contribution in [0.1, 0.15) is 50.4 Å². The van der Waals surface area contributed by atoms with E-state index in [1.54, 1.807) is 16.4 Å². The van der Waals surface area contributed by atoms with Gasteiger partial charge in [-0.05, 0) is 50.6 Å². The molecule has 1 atom stereocenters. The average Bonchev–Trinajstić information content (AvgIpc) is 3.19. The van der Waals surface area contributed by atoms with Gasteiger partial charge in [0.15, 0.2) is 0 Å². The lowest BCUT2D eigenvalue weighted by Gasteiger charge is -2.29. The molecule has 1 unspecified atom stereocenters. The molecule has 1 aliphatic heterocycles. The molecule has 8 heteroatoms. The van der Waals surface area contributed by atoms with Crippen LogP contribution >= 0.6 is 11.8 Å². The first-order valence-electron chi connectivity index (χ1n) is 11.4. The van der Waals surface area contributed by atoms with Crippen molar-refractivity contribution < 1.29 is 14.3 Å². The molecule has 0 amide bonds. The maximum absolute atomic E-state index is 13.3. The quantitative estimate of drug-likeness (QED) is 0.337. The molecule has 0 saturated heterocycles. The van der Waals surface area contributed by atoms with Gasteiger partial charge < -0.3 is 14.8 Å². The normalized spacial score (nSPS) is 15.2. The van der Waals surface area contributed by atoms with Crippen LogP contribution in [-0.2, 0) is 16.1 Å². The van der Waals surface area contributed by atoms with Gasteiger partial charge in [-0.3, -0.25) is 0 Å². The fourth-order valence-corrected chi connectivity index (χ4v) is 4.47. The molecule has 3 aromatic rings. The van der Waals surface area contributed by atoms with Crippen LogP contribution in [0.15, 0.2) is 65.0 Å². The maximum atomic E-state index is 13.3. The second-order valence-corrected chi connectivity index (χ2v) is 9.60. The van der Waals surface area contributed by atoms with Crippen molar-refractivity contribution in [3.05, 3.63) is 76.5 Å². The minimum atomic E-state index is -0.533. The largest absolute Gasteiger partial charge is 0.489 e. The van der Waals surface area contributed by atoms with E-state index in [4.69, 9.17) is 14.6 Å². The van der Waals surface area contributed by atoms with Gasteiger partial charge in [0.25, 0.3) is 0 Å². The van der Waals surface area contributed by atoms with E-state index in [0.29, 0.717) is 34.7 Å². The number of esters is 1. The van der Waals surface area contributed by atoms with Crippen LogP contribution in [0.4, 0.5) is 5.95 Å². The molecular weight excluding hydrogens is 448 g/mol. The van der Waals surface area contributed by atoms with E-state index < -0.39 is 6.04 Å². The van der Waals surface area contributed by atoms with Crippen molar-refractivity contribution in [2.75, 3.05) is 11.1 Å². The Morgan fingerprint density at radius 3 is 2.62 bits per heavy atom. The zero-order valence-electron chi connectivity index (χ0n) is 20.2. The van der Waals surface area contributed by atoms with Crippen molar-refractivity contribution in [1.29, 1.82) is 0 Å². The monoisotopic (exact) mass is 478 g/mol. The molecule has 0 spiro atoms. The highest BCUT2D eigenvalue weighted by Gasteiger charge is 2.37. The number of aromatic nitrogens is 3. The first-order chi connectivity index (χ1) is 16.4. The third-order valence-corrected chi connectivity index (χ3v) is 6.25. The van der Waals surface area contributed by atoms with Gasteiger partial charge in [0.1, 0.15) is 18.4 Å². The van der Waals surface area contributed by atoms with Crippen molar-refractivity contribution >= 4 is 23.7 Å². The number of ether oxygens (including phenoxy) is 2. The van der Waals surface area contributed by atoms with Gasteiger partial charge in [-0.15, -0.1) is 5.10 Å². The molecule has 7 nitrogen and oxygen atoms in total. The Morgan fingerprint density at radius 1 is 1.15 bits per heavy atom. The summed E-state index contributed by atoms with van der Waals surface area (Å²) in [5.41, 5.74) is 4.28. The van der Waals surface area contributed by atoms with Gasteiger partial charge in [0.05, 0.1) is 11.7 Å². The Morgan fingerprint density at radius 2 is 1.88 bits per heavy atom. The third-order valence-electron chi connectivity index (χ3n) is 5.53. The van der Waals surface area contributed by atoms with Gasteiger partial charge in [0, 0.05) is 11.3 Å². The average molecular weight is 479 g/mol. The van der Waals surface area contributed by atoms with Crippen LogP contribution in [0.5, 0.6) is 5.75 Å². The van der Waals surface area contributed by atoms with Crippen LogP contribution in [-0.4, -0.2) is 32.6 Å².